The number of rotatable bonds is 4. The summed E-state index contributed by atoms with van der Waals surface area (Å²) in [5.74, 6) is 1.43. The van der Waals surface area contributed by atoms with E-state index in [1.165, 1.54) is 14.6 Å². The lowest BCUT2D eigenvalue weighted by Gasteiger charge is -2.35. The molecule has 1 aromatic carbocycles. The number of likely N-dealkylation sites (tertiary alicyclic amines) is 1. The molecule has 2 aromatic heterocycles. The first-order valence-electron chi connectivity index (χ1n) is 10.7. The van der Waals surface area contributed by atoms with Gasteiger partial charge in [-0.1, -0.05) is 12.1 Å². The molecule has 0 aliphatic carbocycles. The first-order chi connectivity index (χ1) is 14.8. The number of benzene rings is 1. The lowest BCUT2D eigenvalue weighted by molar-refractivity contribution is -0.892. The number of para-hydroxylation sites is 1. The number of carbonyl (C=O) groups excluding carboxylic acids is 1. The lowest BCUT2D eigenvalue weighted by atomic mass is 9.98. The van der Waals surface area contributed by atoms with Gasteiger partial charge in [0.1, 0.15) is 0 Å². The van der Waals surface area contributed by atoms with E-state index in [1.54, 1.807) is 23.7 Å². The van der Waals surface area contributed by atoms with Crippen molar-refractivity contribution in [1.82, 2.24) is 19.9 Å². The quantitative estimate of drug-likeness (QED) is 0.683. The van der Waals surface area contributed by atoms with Gasteiger partial charge in [0.2, 0.25) is 5.95 Å². The highest BCUT2D eigenvalue weighted by Gasteiger charge is 2.30. The van der Waals surface area contributed by atoms with Crippen LogP contribution in [0.3, 0.4) is 0 Å². The van der Waals surface area contributed by atoms with E-state index in [-0.39, 0.29) is 5.91 Å². The maximum atomic E-state index is 13.0. The maximum absolute atomic E-state index is 13.0. The molecule has 2 aliphatic heterocycles. The summed E-state index contributed by atoms with van der Waals surface area (Å²) < 4.78 is 1.24. The number of quaternary nitrogens is 1. The van der Waals surface area contributed by atoms with Crippen LogP contribution in [-0.2, 0) is 4.79 Å². The Labute approximate surface area is 180 Å². The minimum atomic E-state index is 0.278. The van der Waals surface area contributed by atoms with Gasteiger partial charge in [-0.2, -0.15) is 0 Å². The van der Waals surface area contributed by atoms with Crippen LogP contribution in [0.2, 0.25) is 0 Å². The van der Waals surface area contributed by atoms with E-state index in [1.807, 2.05) is 12.1 Å². The molecular weight excluding hydrogens is 396 g/mol. The van der Waals surface area contributed by atoms with Gasteiger partial charge in [0.05, 0.1) is 41.4 Å². The smallest absolute Gasteiger partial charge is 0.277 e. The third-order valence-corrected chi connectivity index (χ3v) is 7.34. The van der Waals surface area contributed by atoms with Crippen molar-refractivity contribution < 1.29 is 9.69 Å². The summed E-state index contributed by atoms with van der Waals surface area (Å²) in [5, 5.41) is 1.18. The van der Waals surface area contributed by atoms with E-state index in [0.29, 0.717) is 12.5 Å². The lowest BCUT2D eigenvalue weighted by Crippen LogP contribution is -3.16. The summed E-state index contributed by atoms with van der Waals surface area (Å²) in [4.78, 5) is 32.2. The fraction of sp³-hybridized carbons (Fsp3) is 0.455. The van der Waals surface area contributed by atoms with Gasteiger partial charge < -0.3 is 14.7 Å². The van der Waals surface area contributed by atoms with Crippen molar-refractivity contribution in [3.63, 3.8) is 0 Å². The molecule has 1 atom stereocenters. The van der Waals surface area contributed by atoms with Crippen LogP contribution in [0.1, 0.15) is 23.8 Å². The SMILES string of the molecule is O=C(C[NH+]1CCN(c2ncccn2)CC1)N1CCC[C@@H](c2nc3ccccc3s2)C1. The largest absolute Gasteiger partial charge is 0.337 e. The van der Waals surface area contributed by atoms with Crippen LogP contribution < -0.4 is 9.80 Å². The summed E-state index contributed by atoms with van der Waals surface area (Å²) in [5.41, 5.74) is 1.07. The minimum Gasteiger partial charge on any atom is -0.337 e. The summed E-state index contributed by atoms with van der Waals surface area (Å²) in [6, 6.07) is 10.1. The molecule has 2 aliphatic rings. The second-order valence-electron chi connectivity index (χ2n) is 8.16. The highest BCUT2D eigenvalue weighted by atomic mass is 32.1. The molecule has 0 bridgehead atoms. The maximum Gasteiger partial charge on any atom is 0.277 e. The van der Waals surface area contributed by atoms with Gasteiger partial charge in [0, 0.05) is 31.4 Å². The molecule has 7 nitrogen and oxygen atoms in total. The number of hydrogen-bond donors (Lipinski definition) is 1. The van der Waals surface area contributed by atoms with E-state index in [2.05, 4.69) is 38.0 Å². The first kappa shape index (κ1) is 19.4. The summed E-state index contributed by atoms with van der Waals surface area (Å²) >= 11 is 1.78. The van der Waals surface area contributed by atoms with Gasteiger partial charge in [-0.25, -0.2) is 15.0 Å². The number of nitrogens with one attached hydrogen (secondary N) is 1. The van der Waals surface area contributed by atoms with Crippen LogP contribution in [-0.4, -0.2) is 71.6 Å². The van der Waals surface area contributed by atoms with Crippen molar-refractivity contribution in [2.45, 2.75) is 18.8 Å². The van der Waals surface area contributed by atoms with E-state index in [4.69, 9.17) is 4.98 Å². The van der Waals surface area contributed by atoms with Gasteiger partial charge in [-0.05, 0) is 31.0 Å². The monoisotopic (exact) mass is 423 g/mol. The molecule has 8 heteroatoms. The van der Waals surface area contributed by atoms with Crippen molar-refractivity contribution >= 4 is 33.4 Å². The Morgan fingerprint density at radius 2 is 1.90 bits per heavy atom. The molecule has 0 saturated carbocycles. The number of thiazole rings is 1. The molecule has 1 N–H and O–H groups in total. The number of fused-ring (bicyclic) bond motifs is 1. The van der Waals surface area contributed by atoms with Crippen LogP contribution in [0.25, 0.3) is 10.2 Å². The number of aromatic nitrogens is 3. The third-order valence-electron chi connectivity index (χ3n) is 6.14. The van der Waals surface area contributed by atoms with Crippen molar-refractivity contribution in [1.29, 1.82) is 0 Å². The zero-order valence-corrected chi connectivity index (χ0v) is 17.9. The van der Waals surface area contributed by atoms with E-state index >= 15 is 0 Å². The van der Waals surface area contributed by atoms with Crippen molar-refractivity contribution in [3.8, 4) is 0 Å². The zero-order valence-electron chi connectivity index (χ0n) is 17.0. The van der Waals surface area contributed by atoms with Gasteiger partial charge in [0.15, 0.2) is 6.54 Å². The normalized spacial score (nSPS) is 20.6. The second-order valence-corrected chi connectivity index (χ2v) is 9.22. The molecule has 0 radical (unpaired) electrons. The summed E-state index contributed by atoms with van der Waals surface area (Å²) in [6.07, 6.45) is 5.74. The predicted octanol–water partition coefficient (Wildman–Crippen LogP) is 1.20. The zero-order chi connectivity index (χ0) is 20.3. The van der Waals surface area contributed by atoms with Crippen LogP contribution in [0, 0.1) is 0 Å². The Bertz CT molecular complexity index is 968. The Balaban J connectivity index is 1.16. The first-order valence-corrected chi connectivity index (χ1v) is 11.6. The fourth-order valence-electron chi connectivity index (χ4n) is 4.45. The topological polar surface area (TPSA) is 66.7 Å². The van der Waals surface area contributed by atoms with Gasteiger partial charge in [0.25, 0.3) is 5.91 Å². The Morgan fingerprint density at radius 3 is 2.70 bits per heavy atom. The van der Waals surface area contributed by atoms with E-state index < -0.39 is 0 Å². The summed E-state index contributed by atoms with van der Waals surface area (Å²) in [6.45, 7) is 5.92. The number of anilines is 1. The Hall–Kier alpha value is -2.58. The molecule has 156 valence electrons. The number of hydrogen-bond acceptors (Lipinski definition) is 6. The minimum absolute atomic E-state index is 0.278. The molecule has 4 heterocycles. The second kappa shape index (κ2) is 8.65. The Morgan fingerprint density at radius 1 is 1.10 bits per heavy atom. The van der Waals surface area contributed by atoms with Crippen molar-refractivity contribution in [2.24, 2.45) is 0 Å². The molecule has 5 rings (SSSR count). The number of piperidine rings is 1. The molecule has 2 fully saturated rings. The number of piperazine rings is 1. The van der Waals surface area contributed by atoms with Crippen LogP contribution >= 0.6 is 11.3 Å². The predicted molar refractivity (Wildman–Crippen MR) is 118 cm³/mol. The molecule has 30 heavy (non-hydrogen) atoms. The number of amides is 1. The van der Waals surface area contributed by atoms with Gasteiger partial charge in [-0.3, -0.25) is 4.79 Å². The van der Waals surface area contributed by atoms with Crippen molar-refractivity contribution in [2.75, 3.05) is 50.7 Å². The van der Waals surface area contributed by atoms with Crippen LogP contribution in [0.15, 0.2) is 42.7 Å². The third kappa shape index (κ3) is 4.15. The molecule has 0 unspecified atom stereocenters. The molecule has 3 aromatic rings. The molecular formula is C22H27N6OS+. The van der Waals surface area contributed by atoms with E-state index in [0.717, 1.165) is 63.6 Å². The van der Waals surface area contributed by atoms with Gasteiger partial charge >= 0.3 is 0 Å². The van der Waals surface area contributed by atoms with Crippen LogP contribution in [0.5, 0.6) is 0 Å². The highest BCUT2D eigenvalue weighted by molar-refractivity contribution is 7.18. The standard InChI is InChI=1S/C22H26N6OS/c29-20(16-26-11-13-27(14-12-26)22-23-8-4-9-24-22)28-10-3-5-17(15-28)21-25-18-6-1-2-7-19(18)30-21/h1-2,4,6-9,17H,3,5,10-16H2/p+1/t17-/m1/s1. The number of carbonyl (C=O) groups is 1. The van der Waals surface area contributed by atoms with Crippen molar-refractivity contribution in [3.05, 3.63) is 47.7 Å². The fourth-order valence-corrected chi connectivity index (χ4v) is 5.54. The van der Waals surface area contributed by atoms with Gasteiger partial charge in [-0.15, -0.1) is 11.3 Å². The average molecular weight is 424 g/mol. The number of nitrogens with zero attached hydrogens (tertiary/aromatic N) is 5. The average Bonchev–Trinajstić information content (AvgIpc) is 3.25. The summed E-state index contributed by atoms with van der Waals surface area (Å²) in [7, 11) is 0. The van der Waals surface area contributed by atoms with Crippen LogP contribution in [0.4, 0.5) is 5.95 Å². The molecule has 0 spiro atoms. The molecule has 1 amide bonds. The highest BCUT2D eigenvalue weighted by Crippen LogP contribution is 2.32. The Kier molecular flexibility index (Phi) is 5.59. The molecule has 2 saturated heterocycles. The van der Waals surface area contributed by atoms with E-state index in [9.17, 15) is 4.79 Å².